The molecule has 0 aliphatic heterocycles. The van der Waals surface area contributed by atoms with E-state index in [1.54, 1.807) is 10.6 Å². The SMILES string of the molecule is CCCCCC(=O)n1c2ccc(F)cc2c2nc3ccccc3nc21. The second kappa shape index (κ2) is 6.24. The van der Waals surface area contributed by atoms with E-state index in [1.165, 1.54) is 12.1 Å². The molecular weight excluding hydrogens is 317 g/mol. The number of unbranched alkanes of at least 4 members (excludes halogenated alkanes) is 2. The summed E-state index contributed by atoms with van der Waals surface area (Å²) in [5.74, 6) is -0.371. The molecule has 126 valence electrons. The van der Waals surface area contributed by atoms with Gasteiger partial charge in [0.1, 0.15) is 11.3 Å². The van der Waals surface area contributed by atoms with Crippen molar-refractivity contribution in [1.82, 2.24) is 14.5 Å². The minimum Gasteiger partial charge on any atom is -0.274 e. The highest BCUT2D eigenvalue weighted by atomic mass is 19.1. The summed E-state index contributed by atoms with van der Waals surface area (Å²) in [4.78, 5) is 22.1. The van der Waals surface area contributed by atoms with E-state index in [1.807, 2.05) is 24.3 Å². The number of fused-ring (bicyclic) bond motifs is 4. The molecule has 4 rings (SSSR count). The lowest BCUT2D eigenvalue weighted by atomic mass is 10.2. The van der Waals surface area contributed by atoms with Crippen LogP contribution in [0.25, 0.3) is 33.1 Å². The van der Waals surface area contributed by atoms with Gasteiger partial charge < -0.3 is 0 Å². The summed E-state index contributed by atoms with van der Waals surface area (Å²) < 4.78 is 15.4. The van der Waals surface area contributed by atoms with Crippen molar-refractivity contribution < 1.29 is 9.18 Å². The largest absolute Gasteiger partial charge is 0.274 e. The van der Waals surface area contributed by atoms with Crippen LogP contribution in [-0.4, -0.2) is 20.4 Å². The van der Waals surface area contributed by atoms with E-state index < -0.39 is 0 Å². The first-order valence-corrected chi connectivity index (χ1v) is 8.58. The van der Waals surface area contributed by atoms with Gasteiger partial charge >= 0.3 is 0 Å². The van der Waals surface area contributed by atoms with Gasteiger partial charge in [-0.2, -0.15) is 0 Å². The monoisotopic (exact) mass is 335 g/mol. The minimum absolute atomic E-state index is 0.0235. The van der Waals surface area contributed by atoms with Crippen LogP contribution in [0, 0.1) is 5.82 Å². The summed E-state index contributed by atoms with van der Waals surface area (Å²) in [7, 11) is 0. The van der Waals surface area contributed by atoms with E-state index in [-0.39, 0.29) is 11.7 Å². The van der Waals surface area contributed by atoms with Crippen molar-refractivity contribution in [2.75, 3.05) is 0 Å². The molecule has 0 fully saturated rings. The number of halogens is 1. The van der Waals surface area contributed by atoms with Gasteiger partial charge in [-0.3, -0.25) is 9.36 Å². The fourth-order valence-corrected chi connectivity index (χ4v) is 3.22. The van der Waals surface area contributed by atoms with Gasteiger partial charge in [-0.25, -0.2) is 14.4 Å². The third-order valence-electron chi connectivity index (χ3n) is 4.46. The van der Waals surface area contributed by atoms with Crippen molar-refractivity contribution >= 4 is 39.0 Å². The molecule has 0 aliphatic rings. The number of hydrogen-bond acceptors (Lipinski definition) is 3. The highest BCUT2D eigenvalue weighted by molar-refractivity contribution is 6.11. The number of aromatic nitrogens is 3. The Hall–Kier alpha value is -2.82. The van der Waals surface area contributed by atoms with Gasteiger partial charge in [-0.1, -0.05) is 31.9 Å². The van der Waals surface area contributed by atoms with Crippen LogP contribution >= 0.6 is 0 Å². The van der Waals surface area contributed by atoms with E-state index in [0.717, 1.165) is 30.3 Å². The third-order valence-corrected chi connectivity index (χ3v) is 4.46. The van der Waals surface area contributed by atoms with Gasteiger partial charge in [0, 0.05) is 11.8 Å². The number of para-hydroxylation sites is 2. The average Bonchev–Trinajstić information content (AvgIpc) is 2.92. The van der Waals surface area contributed by atoms with Crippen molar-refractivity contribution in [2.24, 2.45) is 0 Å². The summed E-state index contributed by atoms with van der Waals surface area (Å²) in [6, 6.07) is 11.9. The van der Waals surface area contributed by atoms with Crippen LogP contribution in [-0.2, 0) is 0 Å². The first-order valence-electron chi connectivity index (χ1n) is 8.58. The molecule has 2 heterocycles. The Morgan fingerprint density at radius 3 is 2.60 bits per heavy atom. The smallest absolute Gasteiger partial charge is 0.232 e. The third kappa shape index (κ3) is 2.65. The van der Waals surface area contributed by atoms with Crippen molar-refractivity contribution in [3.05, 3.63) is 48.3 Å². The number of nitrogens with zero attached hydrogens (tertiary/aromatic N) is 3. The van der Waals surface area contributed by atoms with Gasteiger partial charge in [-0.05, 0) is 36.8 Å². The maximum Gasteiger partial charge on any atom is 0.232 e. The molecule has 5 heteroatoms. The predicted molar refractivity (Wildman–Crippen MR) is 97.3 cm³/mol. The highest BCUT2D eigenvalue weighted by Gasteiger charge is 2.19. The number of hydrogen-bond donors (Lipinski definition) is 0. The zero-order chi connectivity index (χ0) is 17.4. The second-order valence-corrected chi connectivity index (χ2v) is 6.23. The molecular formula is C20H18FN3O. The molecule has 0 atom stereocenters. The van der Waals surface area contributed by atoms with Crippen molar-refractivity contribution in [2.45, 2.75) is 32.6 Å². The minimum atomic E-state index is -0.347. The predicted octanol–water partition coefficient (Wildman–Crippen LogP) is 5.10. The lowest BCUT2D eigenvalue weighted by molar-refractivity contribution is 0.0909. The number of carbonyl (C=O) groups excluding carboxylic acids is 1. The zero-order valence-corrected chi connectivity index (χ0v) is 14.0. The van der Waals surface area contributed by atoms with Gasteiger partial charge in [-0.15, -0.1) is 0 Å². The summed E-state index contributed by atoms with van der Waals surface area (Å²) in [5.41, 5.74) is 3.18. The van der Waals surface area contributed by atoms with E-state index in [0.29, 0.717) is 28.5 Å². The van der Waals surface area contributed by atoms with Crippen LogP contribution < -0.4 is 0 Å². The lowest BCUT2D eigenvalue weighted by Crippen LogP contribution is -2.11. The molecule has 2 aromatic heterocycles. The molecule has 4 nitrogen and oxygen atoms in total. The first kappa shape index (κ1) is 15.7. The number of rotatable bonds is 4. The fraction of sp³-hybridized carbons (Fsp3) is 0.250. The van der Waals surface area contributed by atoms with Crippen LogP contribution in [0.2, 0.25) is 0 Å². The lowest BCUT2D eigenvalue weighted by Gasteiger charge is -2.05. The summed E-state index contributed by atoms with van der Waals surface area (Å²) in [6.07, 6.45) is 3.33. The van der Waals surface area contributed by atoms with E-state index >= 15 is 0 Å². The molecule has 0 unspecified atom stereocenters. The van der Waals surface area contributed by atoms with Crippen LogP contribution in [0.4, 0.5) is 4.39 Å². The molecule has 2 aromatic carbocycles. The Morgan fingerprint density at radius 1 is 1.08 bits per heavy atom. The van der Waals surface area contributed by atoms with Crippen molar-refractivity contribution in [3.63, 3.8) is 0 Å². The Bertz CT molecular complexity index is 1100. The molecule has 0 saturated carbocycles. The van der Waals surface area contributed by atoms with E-state index in [9.17, 15) is 9.18 Å². The molecule has 0 aliphatic carbocycles. The molecule has 0 radical (unpaired) electrons. The van der Waals surface area contributed by atoms with Crippen LogP contribution in [0.1, 0.15) is 37.4 Å². The molecule has 0 N–H and O–H groups in total. The molecule has 0 amide bonds. The molecule has 0 bridgehead atoms. The Kier molecular flexibility index (Phi) is 3.92. The topological polar surface area (TPSA) is 47.8 Å². The van der Waals surface area contributed by atoms with Crippen molar-refractivity contribution in [3.8, 4) is 0 Å². The summed E-state index contributed by atoms with van der Waals surface area (Å²) in [6.45, 7) is 2.10. The first-order chi connectivity index (χ1) is 12.2. The molecule has 25 heavy (non-hydrogen) atoms. The molecule has 4 aromatic rings. The van der Waals surface area contributed by atoms with Gasteiger partial charge in [0.25, 0.3) is 0 Å². The van der Waals surface area contributed by atoms with E-state index in [4.69, 9.17) is 0 Å². The van der Waals surface area contributed by atoms with Gasteiger partial charge in [0.2, 0.25) is 5.91 Å². The molecule has 0 saturated heterocycles. The zero-order valence-electron chi connectivity index (χ0n) is 14.0. The number of benzene rings is 2. The van der Waals surface area contributed by atoms with Gasteiger partial charge in [0.15, 0.2) is 5.65 Å². The van der Waals surface area contributed by atoms with Crippen molar-refractivity contribution in [1.29, 1.82) is 0 Å². The second-order valence-electron chi connectivity index (χ2n) is 6.23. The standard InChI is InChI=1S/C20H18FN3O/c1-2-3-4-9-18(25)24-17-11-10-13(21)12-14(17)19-20(24)23-16-8-6-5-7-15(16)22-19/h5-8,10-12H,2-4,9H2,1H3. The van der Waals surface area contributed by atoms with Crippen LogP contribution in [0.5, 0.6) is 0 Å². The number of carbonyl (C=O) groups is 1. The van der Waals surface area contributed by atoms with E-state index in [2.05, 4.69) is 16.9 Å². The Balaban J connectivity index is 2.00. The Morgan fingerprint density at radius 2 is 1.84 bits per heavy atom. The quantitative estimate of drug-likeness (QED) is 0.488. The summed E-state index contributed by atoms with van der Waals surface area (Å²) >= 11 is 0. The van der Waals surface area contributed by atoms with Crippen LogP contribution in [0.3, 0.4) is 0 Å². The fourth-order valence-electron chi connectivity index (χ4n) is 3.22. The maximum absolute atomic E-state index is 13.8. The maximum atomic E-state index is 13.8. The Labute approximate surface area is 144 Å². The van der Waals surface area contributed by atoms with Crippen LogP contribution in [0.15, 0.2) is 42.5 Å². The average molecular weight is 335 g/mol. The van der Waals surface area contributed by atoms with Gasteiger partial charge in [0.05, 0.1) is 16.6 Å². The molecule has 0 spiro atoms. The summed E-state index contributed by atoms with van der Waals surface area (Å²) in [5, 5.41) is 0.622. The normalized spacial score (nSPS) is 11.6. The highest BCUT2D eigenvalue weighted by Crippen LogP contribution is 2.29.